The van der Waals surface area contributed by atoms with Crippen LogP contribution < -0.4 is 4.72 Å². The Morgan fingerprint density at radius 1 is 1.08 bits per heavy atom. The topological polar surface area (TPSA) is 66.5 Å². The van der Waals surface area contributed by atoms with Gasteiger partial charge in [-0.05, 0) is 55.2 Å². The number of nitrogens with zero attached hydrogens (tertiary/aromatic N) is 1. The number of hydrogen-bond donors (Lipinski definition) is 1. The number of amides is 1. The van der Waals surface area contributed by atoms with Gasteiger partial charge in [-0.2, -0.15) is 0 Å². The maximum atomic E-state index is 12.8. The van der Waals surface area contributed by atoms with Crippen molar-refractivity contribution in [1.29, 1.82) is 0 Å². The summed E-state index contributed by atoms with van der Waals surface area (Å²) in [6, 6.07) is 12.1. The lowest BCUT2D eigenvalue weighted by atomic mass is 10.1. The molecule has 1 N–H and O–H groups in total. The van der Waals surface area contributed by atoms with Crippen molar-refractivity contribution in [3.63, 3.8) is 0 Å². The Kier molecular flexibility index (Phi) is 6.42. The molecule has 0 aromatic heterocycles. The molecule has 0 bridgehead atoms. The summed E-state index contributed by atoms with van der Waals surface area (Å²) >= 11 is 0. The van der Waals surface area contributed by atoms with E-state index in [0.717, 1.165) is 19.3 Å². The van der Waals surface area contributed by atoms with Crippen molar-refractivity contribution < 1.29 is 13.2 Å². The van der Waals surface area contributed by atoms with Crippen molar-refractivity contribution >= 4 is 21.6 Å². The number of aryl methyl sites for hydroxylation is 2. The molecule has 0 saturated heterocycles. The molecule has 0 fully saturated rings. The molecule has 5 nitrogen and oxygen atoms in total. The first-order valence-corrected chi connectivity index (χ1v) is 10.2. The summed E-state index contributed by atoms with van der Waals surface area (Å²) in [5, 5.41) is 0. The summed E-state index contributed by atoms with van der Waals surface area (Å²) in [6.45, 7) is 3.85. The maximum Gasteiger partial charge on any atom is 0.262 e. The number of hydrogen-bond acceptors (Lipinski definition) is 3. The van der Waals surface area contributed by atoms with Gasteiger partial charge in [0.1, 0.15) is 0 Å². The first kappa shape index (κ1) is 20.0. The number of sulfonamides is 1. The van der Waals surface area contributed by atoms with E-state index in [1.165, 1.54) is 16.5 Å². The van der Waals surface area contributed by atoms with Gasteiger partial charge in [-0.3, -0.25) is 9.52 Å². The zero-order valence-electron chi connectivity index (χ0n) is 15.7. The lowest BCUT2D eigenvalue weighted by Gasteiger charge is -2.14. The molecule has 0 heterocycles. The molecule has 0 aliphatic heterocycles. The number of benzene rings is 2. The van der Waals surface area contributed by atoms with Crippen LogP contribution in [0.3, 0.4) is 0 Å². The average Bonchev–Trinajstić information content (AvgIpc) is 2.60. The van der Waals surface area contributed by atoms with Crippen LogP contribution in [0, 0.1) is 6.92 Å². The molecule has 6 heteroatoms. The molecule has 140 valence electrons. The van der Waals surface area contributed by atoms with Crippen LogP contribution in [0.4, 0.5) is 5.69 Å². The Hall–Kier alpha value is -2.34. The highest BCUT2D eigenvalue weighted by Crippen LogP contribution is 2.22. The van der Waals surface area contributed by atoms with Crippen molar-refractivity contribution in [2.75, 3.05) is 18.8 Å². The standard InChI is InChI=1S/C20H26N2O3S/c1-5-6-7-16-9-12-18(13-10-16)21-26(24,25)19-14-17(11-8-15(19)2)20(23)22(3)4/h8-14,21H,5-7H2,1-4H3. The van der Waals surface area contributed by atoms with Gasteiger partial charge in [0.25, 0.3) is 15.9 Å². The van der Waals surface area contributed by atoms with Crippen LogP contribution >= 0.6 is 0 Å². The molecule has 0 spiro atoms. The molecule has 1 amide bonds. The Morgan fingerprint density at radius 3 is 2.31 bits per heavy atom. The number of carbonyl (C=O) groups excluding carboxylic acids is 1. The maximum absolute atomic E-state index is 12.8. The van der Waals surface area contributed by atoms with Gasteiger partial charge in [-0.15, -0.1) is 0 Å². The van der Waals surface area contributed by atoms with Gasteiger partial charge in [0, 0.05) is 25.3 Å². The average molecular weight is 375 g/mol. The van der Waals surface area contributed by atoms with Crippen LogP contribution in [0.2, 0.25) is 0 Å². The SMILES string of the molecule is CCCCc1ccc(NS(=O)(=O)c2cc(C(=O)N(C)C)ccc2C)cc1. The third kappa shape index (κ3) is 4.85. The third-order valence-electron chi connectivity index (χ3n) is 4.16. The van der Waals surface area contributed by atoms with Gasteiger partial charge >= 0.3 is 0 Å². The number of unbranched alkanes of at least 4 members (excludes halogenated alkanes) is 1. The van der Waals surface area contributed by atoms with Crippen molar-refractivity contribution in [2.45, 2.75) is 38.0 Å². The monoisotopic (exact) mass is 374 g/mol. The van der Waals surface area contributed by atoms with Crippen LogP contribution in [0.25, 0.3) is 0 Å². The van der Waals surface area contributed by atoms with Crippen LogP contribution in [0.15, 0.2) is 47.4 Å². The normalized spacial score (nSPS) is 11.2. The van der Waals surface area contributed by atoms with Crippen molar-refractivity contribution in [2.24, 2.45) is 0 Å². The van der Waals surface area contributed by atoms with E-state index in [4.69, 9.17) is 0 Å². The highest BCUT2D eigenvalue weighted by atomic mass is 32.2. The number of nitrogens with one attached hydrogen (secondary N) is 1. The fourth-order valence-electron chi connectivity index (χ4n) is 2.61. The molecular weight excluding hydrogens is 348 g/mol. The van der Waals surface area contributed by atoms with Crippen molar-refractivity contribution in [3.05, 3.63) is 59.2 Å². The smallest absolute Gasteiger partial charge is 0.262 e. The van der Waals surface area contributed by atoms with E-state index in [-0.39, 0.29) is 10.8 Å². The minimum Gasteiger partial charge on any atom is -0.345 e. The van der Waals surface area contributed by atoms with Gasteiger partial charge in [0.15, 0.2) is 0 Å². The van der Waals surface area contributed by atoms with E-state index in [2.05, 4.69) is 11.6 Å². The molecular formula is C20H26N2O3S. The summed E-state index contributed by atoms with van der Waals surface area (Å²) in [6.07, 6.45) is 3.21. The van der Waals surface area contributed by atoms with E-state index in [1.807, 2.05) is 12.1 Å². The summed E-state index contributed by atoms with van der Waals surface area (Å²) in [7, 11) is -0.509. The summed E-state index contributed by atoms with van der Waals surface area (Å²) in [5.41, 5.74) is 2.63. The zero-order chi connectivity index (χ0) is 19.3. The minimum atomic E-state index is -3.78. The van der Waals surface area contributed by atoms with Crippen LogP contribution in [-0.2, 0) is 16.4 Å². The number of anilines is 1. The second-order valence-corrected chi connectivity index (χ2v) is 8.24. The molecule has 2 rings (SSSR count). The molecule has 2 aromatic rings. The summed E-state index contributed by atoms with van der Waals surface area (Å²) in [5.74, 6) is -0.235. The number of rotatable bonds is 7. The van der Waals surface area contributed by atoms with Crippen molar-refractivity contribution in [1.82, 2.24) is 4.90 Å². The second-order valence-electron chi connectivity index (χ2n) is 6.59. The van der Waals surface area contributed by atoms with Crippen LogP contribution in [0.5, 0.6) is 0 Å². The Morgan fingerprint density at radius 2 is 1.73 bits per heavy atom. The first-order valence-electron chi connectivity index (χ1n) is 8.68. The highest BCUT2D eigenvalue weighted by Gasteiger charge is 2.20. The quantitative estimate of drug-likeness (QED) is 0.801. The molecule has 0 saturated carbocycles. The molecule has 0 radical (unpaired) electrons. The molecule has 0 aliphatic carbocycles. The minimum absolute atomic E-state index is 0.111. The van der Waals surface area contributed by atoms with E-state index < -0.39 is 10.0 Å². The fraction of sp³-hybridized carbons (Fsp3) is 0.350. The van der Waals surface area contributed by atoms with E-state index in [0.29, 0.717) is 16.8 Å². The molecule has 2 aromatic carbocycles. The Labute approximate surface area is 156 Å². The Bertz CT molecular complexity index is 872. The zero-order valence-corrected chi connectivity index (χ0v) is 16.6. The first-order chi connectivity index (χ1) is 12.2. The molecule has 0 atom stereocenters. The van der Waals surface area contributed by atoms with Crippen molar-refractivity contribution in [3.8, 4) is 0 Å². The predicted octanol–water partition coefficient (Wildman–Crippen LogP) is 3.84. The van der Waals surface area contributed by atoms with E-state index >= 15 is 0 Å². The summed E-state index contributed by atoms with van der Waals surface area (Å²) < 4.78 is 28.2. The van der Waals surface area contributed by atoms with Gasteiger partial charge in [0.05, 0.1) is 4.90 Å². The largest absolute Gasteiger partial charge is 0.345 e. The number of carbonyl (C=O) groups is 1. The lowest BCUT2D eigenvalue weighted by molar-refractivity contribution is 0.0827. The summed E-state index contributed by atoms with van der Waals surface area (Å²) in [4.78, 5) is 13.7. The van der Waals surface area contributed by atoms with Gasteiger partial charge in [0.2, 0.25) is 0 Å². The van der Waals surface area contributed by atoms with Crippen LogP contribution in [-0.4, -0.2) is 33.3 Å². The van der Waals surface area contributed by atoms with Gasteiger partial charge < -0.3 is 4.90 Å². The van der Waals surface area contributed by atoms with E-state index in [1.54, 1.807) is 45.3 Å². The third-order valence-corrected chi connectivity index (χ3v) is 5.68. The van der Waals surface area contributed by atoms with E-state index in [9.17, 15) is 13.2 Å². The molecule has 26 heavy (non-hydrogen) atoms. The highest BCUT2D eigenvalue weighted by molar-refractivity contribution is 7.92. The molecule has 0 unspecified atom stereocenters. The van der Waals surface area contributed by atoms with Crippen LogP contribution in [0.1, 0.15) is 41.3 Å². The van der Waals surface area contributed by atoms with Gasteiger partial charge in [-0.1, -0.05) is 31.5 Å². The second kappa shape index (κ2) is 8.36. The molecule has 0 aliphatic rings. The van der Waals surface area contributed by atoms with Gasteiger partial charge in [-0.25, -0.2) is 8.42 Å². The predicted molar refractivity (Wildman–Crippen MR) is 105 cm³/mol. The lowest BCUT2D eigenvalue weighted by Crippen LogP contribution is -2.22. The fourth-order valence-corrected chi connectivity index (χ4v) is 3.94. The Balaban J connectivity index is 2.27.